The minimum atomic E-state index is -0.502. The zero-order valence-electron chi connectivity index (χ0n) is 16.9. The number of ether oxygens (including phenoxy) is 1. The molecule has 1 aliphatic heterocycles. The molecule has 2 rings (SSSR count). The van der Waals surface area contributed by atoms with Gasteiger partial charge in [0.2, 0.25) is 5.91 Å². The summed E-state index contributed by atoms with van der Waals surface area (Å²) in [5, 5.41) is 6.26. The van der Waals surface area contributed by atoms with E-state index in [1.54, 1.807) is 0 Å². The van der Waals surface area contributed by atoms with Gasteiger partial charge in [-0.05, 0) is 40.5 Å². The molecule has 0 radical (unpaired) electrons. The zero-order chi connectivity index (χ0) is 19.2. The Hall–Kier alpha value is -1.10. The fourth-order valence-corrected chi connectivity index (χ4v) is 2.76. The van der Waals surface area contributed by atoms with Crippen LogP contribution >= 0.6 is 24.0 Å². The molecule has 1 heterocycles. The number of rotatable bonds is 6. The van der Waals surface area contributed by atoms with Crippen molar-refractivity contribution in [3.05, 3.63) is 0 Å². The highest BCUT2D eigenvalue weighted by Crippen LogP contribution is 2.18. The maximum Gasteiger partial charge on any atom is 0.328 e. The number of carbonyl (C=O) groups excluding carboxylic acids is 2. The topological polar surface area (TPSA) is 86.3 Å². The molecule has 1 aliphatic carbocycles. The molecule has 8 nitrogen and oxygen atoms in total. The summed E-state index contributed by atoms with van der Waals surface area (Å²) in [4.78, 5) is 32.5. The second-order valence-corrected chi connectivity index (χ2v) is 7.86. The second kappa shape index (κ2) is 11.0. The van der Waals surface area contributed by atoms with Crippen molar-refractivity contribution in [1.29, 1.82) is 0 Å². The molecule has 0 aromatic carbocycles. The Morgan fingerprint density at radius 3 is 2.30 bits per heavy atom. The number of halogens is 1. The maximum atomic E-state index is 11.9. The number of nitrogens with one attached hydrogen (secondary N) is 2. The summed E-state index contributed by atoms with van der Waals surface area (Å²) in [5.41, 5.74) is -0.502. The molecule has 2 fully saturated rings. The quantitative estimate of drug-likeness (QED) is 0.246. The smallest absolute Gasteiger partial charge is 0.328 e. The molecule has 0 aromatic rings. The number of nitrogens with zero attached hydrogens (tertiary/aromatic N) is 3. The lowest BCUT2D eigenvalue weighted by Crippen LogP contribution is -2.54. The van der Waals surface area contributed by atoms with Crippen LogP contribution in [-0.2, 0) is 14.3 Å². The predicted octanol–water partition coefficient (Wildman–Crippen LogP) is 0.808. The van der Waals surface area contributed by atoms with Gasteiger partial charge in [0, 0.05) is 38.8 Å². The van der Waals surface area contributed by atoms with E-state index >= 15 is 0 Å². The SMILES string of the molecule is CCNC(=NCC(=O)OC(C)(C)C)N1CCN(CC(=O)NC2CC2)CC1.I. The van der Waals surface area contributed by atoms with E-state index < -0.39 is 5.60 Å². The Balaban J connectivity index is 0.00000364. The Kier molecular flexibility index (Phi) is 9.78. The van der Waals surface area contributed by atoms with Crippen LogP contribution < -0.4 is 10.6 Å². The molecule has 156 valence electrons. The van der Waals surface area contributed by atoms with E-state index in [-0.39, 0.29) is 42.4 Å². The monoisotopic (exact) mass is 495 g/mol. The van der Waals surface area contributed by atoms with Crippen LogP contribution in [0, 0.1) is 0 Å². The van der Waals surface area contributed by atoms with Crippen molar-refractivity contribution in [3.8, 4) is 0 Å². The molecule has 2 N–H and O–H groups in total. The van der Waals surface area contributed by atoms with Crippen molar-refractivity contribution in [2.75, 3.05) is 45.8 Å². The number of aliphatic imine (C=N–C) groups is 1. The van der Waals surface area contributed by atoms with Gasteiger partial charge in [0.25, 0.3) is 0 Å². The van der Waals surface area contributed by atoms with E-state index in [0.29, 0.717) is 12.6 Å². The van der Waals surface area contributed by atoms with Crippen molar-refractivity contribution in [1.82, 2.24) is 20.4 Å². The van der Waals surface area contributed by atoms with Crippen LogP contribution in [0.5, 0.6) is 0 Å². The summed E-state index contributed by atoms with van der Waals surface area (Å²) in [6, 6.07) is 0.407. The molecule has 1 amide bonds. The van der Waals surface area contributed by atoms with Crippen molar-refractivity contribution in [3.63, 3.8) is 0 Å². The molecule has 1 saturated heterocycles. The van der Waals surface area contributed by atoms with Crippen molar-refractivity contribution in [2.24, 2.45) is 4.99 Å². The maximum absolute atomic E-state index is 11.9. The lowest BCUT2D eigenvalue weighted by atomic mass is 10.2. The van der Waals surface area contributed by atoms with Crippen molar-refractivity contribution in [2.45, 2.75) is 52.2 Å². The molecule has 27 heavy (non-hydrogen) atoms. The van der Waals surface area contributed by atoms with Crippen LogP contribution in [0.15, 0.2) is 4.99 Å². The number of hydrogen-bond acceptors (Lipinski definition) is 5. The third-order valence-corrected chi connectivity index (χ3v) is 4.09. The minimum absolute atomic E-state index is 0. The van der Waals surface area contributed by atoms with Crippen molar-refractivity contribution < 1.29 is 14.3 Å². The van der Waals surface area contributed by atoms with E-state index in [4.69, 9.17) is 4.74 Å². The lowest BCUT2D eigenvalue weighted by Gasteiger charge is -2.36. The second-order valence-electron chi connectivity index (χ2n) is 7.86. The Labute approximate surface area is 179 Å². The first-order valence-electron chi connectivity index (χ1n) is 9.53. The lowest BCUT2D eigenvalue weighted by molar-refractivity contribution is -0.152. The first-order valence-corrected chi connectivity index (χ1v) is 9.53. The fourth-order valence-electron chi connectivity index (χ4n) is 2.76. The number of amides is 1. The van der Waals surface area contributed by atoms with E-state index in [1.807, 2.05) is 27.7 Å². The minimum Gasteiger partial charge on any atom is -0.459 e. The van der Waals surface area contributed by atoms with E-state index in [0.717, 1.165) is 51.5 Å². The van der Waals surface area contributed by atoms with Crippen LogP contribution in [0.1, 0.15) is 40.5 Å². The zero-order valence-corrected chi connectivity index (χ0v) is 19.2. The summed E-state index contributed by atoms with van der Waals surface area (Å²) >= 11 is 0. The van der Waals surface area contributed by atoms with Gasteiger partial charge in [-0.3, -0.25) is 14.5 Å². The predicted molar refractivity (Wildman–Crippen MR) is 116 cm³/mol. The number of hydrogen-bond donors (Lipinski definition) is 2. The van der Waals surface area contributed by atoms with Crippen LogP contribution in [0.3, 0.4) is 0 Å². The number of carbonyl (C=O) groups is 2. The highest BCUT2D eigenvalue weighted by atomic mass is 127. The number of guanidine groups is 1. The van der Waals surface area contributed by atoms with E-state index in [1.165, 1.54) is 0 Å². The molecule has 0 spiro atoms. The van der Waals surface area contributed by atoms with E-state index in [2.05, 4.69) is 25.4 Å². The molecule has 2 aliphatic rings. The first kappa shape index (κ1) is 23.9. The van der Waals surface area contributed by atoms with Gasteiger partial charge in [0.1, 0.15) is 12.1 Å². The summed E-state index contributed by atoms with van der Waals surface area (Å²) in [6.07, 6.45) is 2.22. The molecule has 0 unspecified atom stereocenters. The van der Waals surface area contributed by atoms with Crippen LogP contribution in [0.2, 0.25) is 0 Å². The Morgan fingerprint density at radius 1 is 1.15 bits per heavy atom. The van der Waals surface area contributed by atoms with Gasteiger partial charge in [0.15, 0.2) is 5.96 Å². The van der Waals surface area contributed by atoms with Crippen LogP contribution in [0.25, 0.3) is 0 Å². The number of esters is 1. The summed E-state index contributed by atoms with van der Waals surface area (Å²) in [6.45, 7) is 11.9. The molecular weight excluding hydrogens is 461 g/mol. The third kappa shape index (κ3) is 9.59. The van der Waals surface area contributed by atoms with Crippen molar-refractivity contribution >= 4 is 41.8 Å². The van der Waals surface area contributed by atoms with Gasteiger partial charge in [0.05, 0.1) is 6.54 Å². The highest BCUT2D eigenvalue weighted by Gasteiger charge is 2.26. The van der Waals surface area contributed by atoms with Gasteiger partial charge in [-0.1, -0.05) is 0 Å². The molecule has 0 atom stereocenters. The van der Waals surface area contributed by atoms with Gasteiger partial charge < -0.3 is 20.3 Å². The van der Waals surface area contributed by atoms with Gasteiger partial charge in [-0.2, -0.15) is 0 Å². The van der Waals surface area contributed by atoms with Gasteiger partial charge >= 0.3 is 5.97 Å². The van der Waals surface area contributed by atoms with Crippen LogP contribution in [0.4, 0.5) is 0 Å². The summed E-state index contributed by atoms with van der Waals surface area (Å²) < 4.78 is 5.31. The standard InChI is InChI=1S/C18H33N5O3.HI/c1-5-19-17(20-12-16(25)26-18(2,3)4)23-10-8-22(9-11-23)13-15(24)21-14-6-7-14;/h14H,5-13H2,1-4H3,(H,19,20)(H,21,24);1H. The summed E-state index contributed by atoms with van der Waals surface area (Å²) in [7, 11) is 0. The largest absolute Gasteiger partial charge is 0.459 e. The normalized spacial score (nSPS) is 18.5. The third-order valence-electron chi connectivity index (χ3n) is 4.09. The van der Waals surface area contributed by atoms with E-state index in [9.17, 15) is 9.59 Å². The fraction of sp³-hybridized carbons (Fsp3) is 0.833. The molecule has 0 bridgehead atoms. The number of piperazine rings is 1. The molecule has 0 aromatic heterocycles. The molecule has 9 heteroatoms. The van der Waals surface area contributed by atoms with Gasteiger partial charge in [-0.25, -0.2) is 4.99 Å². The van der Waals surface area contributed by atoms with Gasteiger partial charge in [-0.15, -0.1) is 24.0 Å². The first-order chi connectivity index (χ1) is 12.3. The Bertz CT molecular complexity index is 524. The molecular formula is C18H34IN5O3. The summed E-state index contributed by atoms with van der Waals surface area (Å²) in [5.74, 6) is 0.509. The molecule has 1 saturated carbocycles. The highest BCUT2D eigenvalue weighted by molar-refractivity contribution is 14.0. The van der Waals surface area contributed by atoms with Crippen LogP contribution in [-0.4, -0.2) is 85.1 Å². The Morgan fingerprint density at radius 2 is 1.78 bits per heavy atom. The average molecular weight is 495 g/mol. The average Bonchev–Trinajstić information content (AvgIpc) is 3.34.